The van der Waals surface area contributed by atoms with E-state index in [2.05, 4.69) is 15.5 Å². The molecule has 0 spiro atoms. The van der Waals surface area contributed by atoms with Gasteiger partial charge in [0.15, 0.2) is 0 Å². The number of likely N-dealkylation sites (tertiary alicyclic amines) is 1. The quantitative estimate of drug-likeness (QED) is 0.818. The van der Waals surface area contributed by atoms with E-state index < -0.39 is 11.4 Å². The number of rotatable bonds is 2. The van der Waals surface area contributed by atoms with Crippen LogP contribution in [0.25, 0.3) is 0 Å². The first-order valence-corrected chi connectivity index (χ1v) is 5.95. The van der Waals surface area contributed by atoms with E-state index in [-0.39, 0.29) is 12.6 Å². The predicted molar refractivity (Wildman–Crippen MR) is 60.9 cm³/mol. The van der Waals surface area contributed by atoms with Crippen molar-refractivity contribution in [1.29, 1.82) is 0 Å². The van der Waals surface area contributed by atoms with Gasteiger partial charge in [0.2, 0.25) is 5.13 Å². The molecule has 1 unspecified atom stereocenters. The Balaban J connectivity index is 1.97. The van der Waals surface area contributed by atoms with Crippen molar-refractivity contribution in [3.63, 3.8) is 0 Å². The topological polar surface area (TPSA) is 95.4 Å². The van der Waals surface area contributed by atoms with Gasteiger partial charge in [-0.15, -0.1) is 10.2 Å². The van der Waals surface area contributed by atoms with E-state index in [1.54, 1.807) is 6.92 Å². The van der Waals surface area contributed by atoms with Crippen LogP contribution in [0, 0.1) is 5.41 Å². The molecule has 2 heterocycles. The van der Waals surface area contributed by atoms with Gasteiger partial charge >= 0.3 is 12.0 Å². The minimum absolute atomic E-state index is 0.215. The van der Waals surface area contributed by atoms with Crippen LogP contribution in [0.3, 0.4) is 0 Å². The third-order valence-electron chi connectivity index (χ3n) is 2.85. The van der Waals surface area contributed by atoms with Crippen LogP contribution in [0.1, 0.15) is 13.3 Å². The van der Waals surface area contributed by atoms with Crippen molar-refractivity contribution in [2.75, 3.05) is 18.4 Å². The zero-order valence-electron chi connectivity index (χ0n) is 9.21. The van der Waals surface area contributed by atoms with E-state index in [1.165, 1.54) is 21.7 Å². The number of carboxylic acids is 1. The van der Waals surface area contributed by atoms with Gasteiger partial charge in [-0.2, -0.15) is 0 Å². The minimum atomic E-state index is -0.872. The fourth-order valence-electron chi connectivity index (χ4n) is 1.71. The summed E-state index contributed by atoms with van der Waals surface area (Å²) in [5.74, 6) is -0.872. The molecule has 0 saturated carbocycles. The van der Waals surface area contributed by atoms with E-state index in [9.17, 15) is 9.59 Å². The Bertz CT molecular complexity index is 435. The highest BCUT2D eigenvalue weighted by Gasteiger charge is 2.42. The van der Waals surface area contributed by atoms with Gasteiger partial charge in [-0.25, -0.2) is 4.79 Å². The summed E-state index contributed by atoms with van der Waals surface area (Å²) in [6.07, 6.45) is 0.464. The first-order valence-electron chi connectivity index (χ1n) is 5.07. The first-order chi connectivity index (χ1) is 8.01. The molecule has 2 rings (SSSR count). The maximum Gasteiger partial charge on any atom is 0.323 e. The molecule has 1 aliphatic heterocycles. The lowest BCUT2D eigenvalue weighted by molar-refractivity contribution is -0.146. The number of hydrogen-bond donors (Lipinski definition) is 2. The monoisotopic (exact) mass is 256 g/mol. The number of aliphatic carboxylic acids is 1. The fourth-order valence-corrected chi connectivity index (χ4v) is 2.14. The number of amides is 2. The molecular weight excluding hydrogens is 244 g/mol. The fraction of sp³-hybridized carbons (Fsp3) is 0.556. The summed E-state index contributed by atoms with van der Waals surface area (Å²) in [5, 5.41) is 19.3. The Morgan fingerprint density at radius 3 is 2.94 bits per heavy atom. The second-order valence-corrected chi connectivity index (χ2v) is 5.04. The van der Waals surface area contributed by atoms with Gasteiger partial charge in [0, 0.05) is 13.1 Å². The number of carbonyl (C=O) groups is 2. The lowest BCUT2D eigenvalue weighted by atomic mass is 9.90. The Kier molecular flexibility index (Phi) is 2.97. The van der Waals surface area contributed by atoms with E-state index >= 15 is 0 Å². The number of nitrogens with one attached hydrogen (secondary N) is 1. The van der Waals surface area contributed by atoms with Crippen LogP contribution >= 0.6 is 11.3 Å². The number of urea groups is 1. The molecule has 2 N–H and O–H groups in total. The van der Waals surface area contributed by atoms with Crippen molar-refractivity contribution < 1.29 is 14.7 Å². The number of aromatic nitrogens is 2. The molecule has 1 aromatic heterocycles. The molecule has 2 amide bonds. The number of carbonyl (C=O) groups excluding carboxylic acids is 1. The summed E-state index contributed by atoms with van der Waals surface area (Å²) in [5.41, 5.74) is 0.666. The summed E-state index contributed by atoms with van der Waals surface area (Å²) in [6, 6.07) is -0.327. The second kappa shape index (κ2) is 4.28. The van der Waals surface area contributed by atoms with E-state index in [4.69, 9.17) is 5.11 Å². The first kappa shape index (κ1) is 11.8. The lowest BCUT2D eigenvalue weighted by Crippen LogP contribution is -2.37. The number of anilines is 1. The predicted octanol–water partition coefficient (Wildman–Crippen LogP) is 0.867. The van der Waals surface area contributed by atoms with Gasteiger partial charge in [0.25, 0.3) is 0 Å². The normalized spacial score (nSPS) is 23.7. The standard InChI is InChI=1S/C9H12N4O3S/c1-9(6(14)15)2-3-13(4-9)8(16)11-7-12-10-5-17-7/h5H,2-4H2,1H3,(H,14,15)(H,11,12,16). The minimum Gasteiger partial charge on any atom is -0.481 e. The summed E-state index contributed by atoms with van der Waals surface area (Å²) in [7, 11) is 0. The van der Waals surface area contributed by atoms with E-state index in [0.717, 1.165) is 0 Å². The maximum atomic E-state index is 11.8. The van der Waals surface area contributed by atoms with Crippen molar-refractivity contribution in [3.8, 4) is 0 Å². The molecule has 1 saturated heterocycles. The van der Waals surface area contributed by atoms with Crippen molar-refractivity contribution >= 4 is 28.5 Å². The van der Waals surface area contributed by atoms with E-state index in [1.807, 2.05) is 0 Å². The lowest BCUT2D eigenvalue weighted by Gasteiger charge is -2.19. The molecule has 0 aliphatic carbocycles. The Labute approximate surface area is 101 Å². The molecule has 92 valence electrons. The summed E-state index contributed by atoms with van der Waals surface area (Å²) < 4.78 is 0. The van der Waals surface area contributed by atoms with Gasteiger partial charge in [-0.3, -0.25) is 10.1 Å². The van der Waals surface area contributed by atoms with Crippen LogP contribution in [-0.2, 0) is 4.79 Å². The molecular formula is C9H12N4O3S. The largest absolute Gasteiger partial charge is 0.481 e. The van der Waals surface area contributed by atoms with Gasteiger partial charge < -0.3 is 10.0 Å². The molecule has 0 aromatic carbocycles. The van der Waals surface area contributed by atoms with Crippen molar-refractivity contribution in [2.45, 2.75) is 13.3 Å². The number of nitrogens with zero attached hydrogens (tertiary/aromatic N) is 3. The SMILES string of the molecule is CC1(C(=O)O)CCN(C(=O)Nc2nncs2)C1. The smallest absolute Gasteiger partial charge is 0.323 e. The van der Waals surface area contributed by atoms with Crippen molar-refractivity contribution in [1.82, 2.24) is 15.1 Å². The highest BCUT2D eigenvalue weighted by Crippen LogP contribution is 2.30. The van der Waals surface area contributed by atoms with E-state index in [0.29, 0.717) is 18.1 Å². The summed E-state index contributed by atoms with van der Waals surface area (Å²) in [6.45, 7) is 2.30. The Morgan fingerprint density at radius 1 is 1.65 bits per heavy atom. The molecule has 17 heavy (non-hydrogen) atoms. The number of carboxylic acid groups (broad SMARTS) is 1. The Hall–Kier alpha value is -1.70. The average molecular weight is 256 g/mol. The molecule has 7 nitrogen and oxygen atoms in total. The molecule has 0 radical (unpaired) electrons. The van der Waals surface area contributed by atoms with Crippen molar-refractivity contribution in [3.05, 3.63) is 5.51 Å². The molecule has 1 fully saturated rings. The van der Waals surface area contributed by atoms with Crippen LogP contribution in [0.5, 0.6) is 0 Å². The van der Waals surface area contributed by atoms with Crippen LogP contribution in [0.2, 0.25) is 0 Å². The van der Waals surface area contributed by atoms with Gasteiger partial charge in [-0.1, -0.05) is 11.3 Å². The second-order valence-electron chi connectivity index (χ2n) is 4.21. The maximum absolute atomic E-state index is 11.8. The van der Waals surface area contributed by atoms with Gasteiger partial charge in [0.1, 0.15) is 5.51 Å². The third kappa shape index (κ3) is 2.36. The zero-order valence-corrected chi connectivity index (χ0v) is 10.0. The molecule has 8 heteroatoms. The zero-order chi connectivity index (χ0) is 12.5. The van der Waals surface area contributed by atoms with Crippen LogP contribution < -0.4 is 5.32 Å². The third-order valence-corrected chi connectivity index (χ3v) is 3.46. The van der Waals surface area contributed by atoms with Crippen LogP contribution in [0.4, 0.5) is 9.93 Å². The number of hydrogen-bond acceptors (Lipinski definition) is 5. The van der Waals surface area contributed by atoms with Crippen LogP contribution in [0.15, 0.2) is 5.51 Å². The summed E-state index contributed by atoms with van der Waals surface area (Å²) in [4.78, 5) is 24.3. The summed E-state index contributed by atoms with van der Waals surface area (Å²) >= 11 is 1.22. The average Bonchev–Trinajstić information content (AvgIpc) is 2.88. The highest BCUT2D eigenvalue weighted by atomic mass is 32.1. The van der Waals surface area contributed by atoms with Crippen LogP contribution in [-0.4, -0.2) is 45.3 Å². The molecule has 1 aromatic rings. The van der Waals surface area contributed by atoms with Gasteiger partial charge in [0.05, 0.1) is 5.41 Å². The Morgan fingerprint density at radius 2 is 2.41 bits per heavy atom. The van der Waals surface area contributed by atoms with Crippen molar-refractivity contribution in [2.24, 2.45) is 5.41 Å². The highest BCUT2D eigenvalue weighted by molar-refractivity contribution is 7.13. The van der Waals surface area contributed by atoms with Gasteiger partial charge in [-0.05, 0) is 13.3 Å². The molecule has 0 bridgehead atoms. The molecule has 1 atom stereocenters. The molecule has 1 aliphatic rings.